The number of imide groups is 1. The van der Waals surface area contributed by atoms with Gasteiger partial charge in [-0.1, -0.05) is 0 Å². The number of carbonyl (C=O) groups is 4. The van der Waals surface area contributed by atoms with Crippen LogP contribution in [-0.2, 0) is 9.53 Å². The standard InChI is InChI=1S/C17H25N3O5/c1-8-12(10(3)21)9(2)18-13(8)15(23)25-11(4)14(22)19-16(24)20-17(5,6)7/h11,18H,1-7H3,(H2,19,20,22,24)/t11-/m0/s1. The Morgan fingerprint density at radius 2 is 1.68 bits per heavy atom. The summed E-state index contributed by atoms with van der Waals surface area (Å²) in [6.45, 7) is 11.4. The molecule has 0 unspecified atom stereocenters. The largest absolute Gasteiger partial charge is 0.448 e. The van der Waals surface area contributed by atoms with E-state index in [-0.39, 0.29) is 11.5 Å². The van der Waals surface area contributed by atoms with E-state index < -0.39 is 29.6 Å². The molecule has 8 nitrogen and oxygen atoms in total. The van der Waals surface area contributed by atoms with Crippen molar-refractivity contribution in [2.45, 2.75) is 60.1 Å². The zero-order valence-electron chi connectivity index (χ0n) is 15.6. The summed E-state index contributed by atoms with van der Waals surface area (Å²) in [5.41, 5.74) is 1.05. The maximum Gasteiger partial charge on any atom is 0.355 e. The van der Waals surface area contributed by atoms with Crippen molar-refractivity contribution in [2.75, 3.05) is 0 Å². The molecule has 138 valence electrons. The number of aryl methyl sites for hydroxylation is 1. The normalized spacial score (nSPS) is 12.3. The van der Waals surface area contributed by atoms with Crippen LogP contribution >= 0.6 is 0 Å². The highest BCUT2D eigenvalue weighted by molar-refractivity contribution is 6.02. The number of rotatable bonds is 4. The lowest BCUT2D eigenvalue weighted by Gasteiger charge is -2.21. The number of nitrogens with one attached hydrogen (secondary N) is 3. The first-order valence-corrected chi connectivity index (χ1v) is 7.87. The van der Waals surface area contributed by atoms with Crippen molar-refractivity contribution in [1.29, 1.82) is 0 Å². The maximum absolute atomic E-state index is 12.2. The fraction of sp³-hybridized carbons (Fsp3) is 0.529. The van der Waals surface area contributed by atoms with Crippen molar-refractivity contribution in [3.05, 3.63) is 22.5 Å². The summed E-state index contributed by atoms with van der Waals surface area (Å²) in [7, 11) is 0. The van der Waals surface area contributed by atoms with Gasteiger partial charge in [0, 0.05) is 16.8 Å². The molecule has 0 aromatic carbocycles. The number of aromatic amines is 1. The number of urea groups is 1. The van der Waals surface area contributed by atoms with Gasteiger partial charge < -0.3 is 15.0 Å². The Bertz CT molecular complexity index is 713. The summed E-state index contributed by atoms with van der Waals surface area (Å²) in [5, 5.41) is 4.68. The van der Waals surface area contributed by atoms with Crippen LogP contribution in [0.4, 0.5) is 4.79 Å². The maximum atomic E-state index is 12.2. The molecule has 0 fully saturated rings. The first-order valence-electron chi connectivity index (χ1n) is 7.87. The number of carbonyl (C=O) groups excluding carboxylic acids is 4. The van der Waals surface area contributed by atoms with Gasteiger partial charge in [-0.05, 0) is 54.0 Å². The van der Waals surface area contributed by atoms with Gasteiger partial charge in [0.1, 0.15) is 5.69 Å². The van der Waals surface area contributed by atoms with Crippen LogP contribution in [0.2, 0.25) is 0 Å². The highest BCUT2D eigenvalue weighted by Crippen LogP contribution is 2.19. The van der Waals surface area contributed by atoms with Crippen LogP contribution in [0.15, 0.2) is 0 Å². The van der Waals surface area contributed by atoms with Crippen molar-refractivity contribution in [1.82, 2.24) is 15.6 Å². The minimum Gasteiger partial charge on any atom is -0.448 e. The quantitative estimate of drug-likeness (QED) is 0.566. The van der Waals surface area contributed by atoms with E-state index in [9.17, 15) is 19.2 Å². The molecule has 0 aliphatic rings. The topological polar surface area (TPSA) is 117 Å². The minimum absolute atomic E-state index is 0.112. The average Bonchev–Trinajstić information content (AvgIpc) is 2.71. The van der Waals surface area contributed by atoms with E-state index in [1.807, 2.05) is 0 Å². The predicted octanol–water partition coefficient (Wildman–Crippen LogP) is 2.00. The van der Waals surface area contributed by atoms with E-state index in [1.165, 1.54) is 13.8 Å². The lowest BCUT2D eigenvalue weighted by Crippen LogP contribution is -2.50. The average molecular weight is 351 g/mol. The lowest BCUT2D eigenvalue weighted by atomic mass is 10.1. The molecule has 3 N–H and O–H groups in total. The highest BCUT2D eigenvalue weighted by atomic mass is 16.5. The molecule has 1 atom stereocenters. The third-order valence-electron chi connectivity index (χ3n) is 3.37. The summed E-state index contributed by atoms with van der Waals surface area (Å²) >= 11 is 0. The summed E-state index contributed by atoms with van der Waals surface area (Å²) in [6, 6.07) is -0.675. The van der Waals surface area contributed by atoms with Crippen molar-refractivity contribution in [3.63, 3.8) is 0 Å². The number of H-pyrrole nitrogens is 1. The molecule has 0 radical (unpaired) electrons. The Morgan fingerprint density at radius 1 is 1.12 bits per heavy atom. The van der Waals surface area contributed by atoms with E-state index in [1.54, 1.807) is 34.6 Å². The first-order chi connectivity index (χ1) is 11.3. The zero-order chi connectivity index (χ0) is 19.5. The monoisotopic (exact) mass is 351 g/mol. The summed E-state index contributed by atoms with van der Waals surface area (Å²) in [6.07, 6.45) is -1.18. The smallest absolute Gasteiger partial charge is 0.355 e. The second kappa shape index (κ2) is 7.50. The molecule has 0 bridgehead atoms. The van der Waals surface area contributed by atoms with Crippen LogP contribution in [0.3, 0.4) is 0 Å². The van der Waals surface area contributed by atoms with Gasteiger partial charge in [-0.2, -0.15) is 0 Å². The molecule has 3 amide bonds. The van der Waals surface area contributed by atoms with Crippen molar-refractivity contribution >= 4 is 23.7 Å². The molecule has 1 heterocycles. The molecule has 0 aliphatic heterocycles. The molecular formula is C17H25N3O5. The molecule has 8 heteroatoms. The Morgan fingerprint density at radius 3 is 2.12 bits per heavy atom. The van der Waals surface area contributed by atoms with Gasteiger partial charge >= 0.3 is 12.0 Å². The third kappa shape index (κ3) is 5.44. The number of Topliss-reactive ketones (excluding diaryl/α,β-unsaturated/α-hetero) is 1. The van der Waals surface area contributed by atoms with Crippen molar-refractivity contribution in [2.24, 2.45) is 0 Å². The highest BCUT2D eigenvalue weighted by Gasteiger charge is 2.26. The van der Waals surface area contributed by atoms with E-state index in [0.29, 0.717) is 16.8 Å². The van der Waals surface area contributed by atoms with Gasteiger partial charge in [-0.3, -0.25) is 14.9 Å². The van der Waals surface area contributed by atoms with Gasteiger partial charge in [0.25, 0.3) is 5.91 Å². The Labute approximate surface area is 146 Å². The van der Waals surface area contributed by atoms with E-state index >= 15 is 0 Å². The van der Waals surface area contributed by atoms with Crippen LogP contribution in [0.1, 0.15) is 66.7 Å². The van der Waals surface area contributed by atoms with Crippen LogP contribution in [0, 0.1) is 13.8 Å². The fourth-order valence-corrected chi connectivity index (χ4v) is 2.34. The number of hydrogen-bond donors (Lipinski definition) is 3. The SMILES string of the molecule is CC(=O)c1c(C)[nH]c(C(=O)O[C@@H](C)C(=O)NC(=O)NC(C)(C)C)c1C. The van der Waals surface area contributed by atoms with Gasteiger partial charge in [-0.25, -0.2) is 9.59 Å². The Balaban J connectivity index is 2.77. The number of amides is 3. The van der Waals surface area contributed by atoms with Crippen molar-refractivity contribution in [3.8, 4) is 0 Å². The second-order valence-corrected chi connectivity index (χ2v) is 6.92. The van der Waals surface area contributed by atoms with Crippen LogP contribution < -0.4 is 10.6 Å². The van der Waals surface area contributed by atoms with Gasteiger partial charge in [0.15, 0.2) is 11.9 Å². The molecule has 25 heavy (non-hydrogen) atoms. The Kier molecular flexibility index (Phi) is 6.12. The first kappa shape index (κ1) is 20.4. The molecule has 1 rings (SSSR count). The van der Waals surface area contributed by atoms with Crippen molar-refractivity contribution < 1.29 is 23.9 Å². The van der Waals surface area contributed by atoms with E-state index in [2.05, 4.69) is 15.6 Å². The molecule has 0 saturated carbocycles. The van der Waals surface area contributed by atoms with Gasteiger partial charge in [0.05, 0.1) is 0 Å². The number of hydrogen-bond acceptors (Lipinski definition) is 5. The van der Waals surface area contributed by atoms with Crippen LogP contribution in [-0.4, -0.2) is 40.3 Å². The third-order valence-corrected chi connectivity index (χ3v) is 3.37. The minimum atomic E-state index is -1.18. The molecule has 1 aromatic heterocycles. The molecular weight excluding hydrogens is 326 g/mol. The van der Waals surface area contributed by atoms with Gasteiger partial charge in [0.2, 0.25) is 0 Å². The molecule has 0 spiro atoms. The number of ether oxygens (including phenoxy) is 1. The number of esters is 1. The zero-order valence-corrected chi connectivity index (χ0v) is 15.6. The fourth-order valence-electron chi connectivity index (χ4n) is 2.34. The van der Waals surface area contributed by atoms with Gasteiger partial charge in [-0.15, -0.1) is 0 Å². The Hall–Kier alpha value is -2.64. The van der Waals surface area contributed by atoms with E-state index in [0.717, 1.165) is 0 Å². The van der Waals surface area contributed by atoms with E-state index in [4.69, 9.17) is 4.74 Å². The lowest BCUT2D eigenvalue weighted by molar-refractivity contribution is -0.127. The molecule has 0 aliphatic carbocycles. The number of ketones is 1. The number of aromatic nitrogens is 1. The predicted molar refractivity (Wildman–Crippen MR) is 91.6 cm³/mol. The summed E-state index contributed by atoms with van der Waals surface area (Å²) in [4.78, 5) is 50.3. The molecule has 1 aromatic rings. The van der Waals surface area contributed by atoms with Crippen LogP contribution in [0.5, 0.6) is 0 Å². The van der Waals surface area contributed by atoms with Crippen LogP contribution in [0.25, 0.3) is 0 Å². The summed E-state index contributed by atoms with van der Waals surface area (Å²) in [5.74, 6) is -1.69. The second-order valence-electron chi connectivity index (χ2n) is 6.92. The molecule has 0 saturated heterocycles. The summed E-state index contributed by atoms with van der Waals surface area (Å²) < 4.78 is 5.08.